The molecule has 0 spiro atoms. The smallest absolute Gasteiger partial charge is 0.270 e. The zero-order chi connectivity index (χ0) is 12.9. The number of nitrogens with one attached hydrogen (secondary N) is 2. The molecule has 0 unspecified atom stereocenters. The van der Waals surface area contributed by atoms with Crippen molar-refractivity contribution in [2.45, 2.75) is 6.92 Å². The van der Waals surface area contributed by atoms with Gasteiger partial charge in [-0.05, 0) is 18.6 Å². The van der Waals surface area contributed by atoms with Crippen molar-refractivity contribution in [1.29, 1.82) is 0 Å². The van der Waals surface area contributed by atoms with Crippen molar-refractivity contribution in [2.75, 3.05) is 0 Å². The van der Waals surface area contributed by atoms with Crippen molar-refractivity contribution in [1.82, 2.24) is 10.3 Å². The van der Waals surface area contributed by atoms with Crippen LogP contribution in [0.2, 0.25) is 0 Å². The number of amides is 2. The van der Waals surface area contributed by atoms with Gasteiger partial charge < -0.3 is 4.98 Å². The first kappa shape index (κ1) is 11.0. The molecule has 90 valence electrons. The van der Waals surface area contributed by atoms with Crippen LogP contribution in [0.4, 0.5) is 0 Å². The van der Waals surface area contributed by atoms with Gasteiger partial charge >= 0.3 is 0 Å². The number of benzene rings is 1. The van der Waals surface area contributed by atoms with Crippen LogP contribution in [0.15, 0.2) is 29.4 Å². The van der Waals surface area contributed by atoms with Gasteiger partial charge in [-0.25, -0.2) is 0 Å². The van der Waals surface area contributed by atoms with E-state index >= 15 is 0 Å². The van der Waals surface area contributed by atoms with Gasteiger partial charge in [0.2, 0.25) is 0 Å². The third kappa shape index (κ3) is 1.39. The minimum atomic E-state index is -0.542. The molecule has 5 heteroatoms. The molecule has 18 heavy (non-hydrogen) atoms. The molecule has 0 fully saturated rings. The normalized spacial score (nSPS) is 15.7. The van der Waals surface area contributed by atoms with Crippen LogP contribution in [0.5, 0.6) is 0 Å². The average Bonchev–Trinajstić information content (AvgIpc) is 2.83. The Morgan fingerprint density at radius 2 is 1.94 bits per heavy atom. The number of hydrogen-bond acceptors (Lipinski definition) is 2. The Kier molecular flexibility index (Phi) is 2.28. The number of rotatable bonds is 1. The highest BCUT2D eigenvalue weighted by Crippen LogP contribution is 2.33. The molecule has 1 aromatic heterocycles. The van der Waals surface area contributed by atoms with Crippen LogP contribution >= 0.6 is 11.6 Å². The van der Waals surface area contributed by atoms with Crippen LogP contribution in [-0.2, 0) is 9.59 Å². The zero-order valence-electron chi connectivity index (χ0n) is 9.50. The number of aromatic nitrogens is 1. The van der Waals surface area contributed by atoms with Gasteiger partial charge in [0.25, 0.3) is 11.8 Å². The summed E-state index contributed by atoms with van der Waals surface area (Å²) in [5.74, 6) is -0.992. The number of H-pyrrole nitrogens is 1. The van der Waals surface area contributed by atoms with E-state index in [4.69, 9.17) is 11.6 Å². The minimum absolute atomic E-state index is 0.0517. The fraction of sp³-hybridized carbons (Fsp3) is 0.0769. The van der Waals surface area contributed by atoms with E-state index < -0.39 is 11.8 Å². The van der Waals surface area contributed by atoms with Crippen LogP contribution in [-0.4, -0.2) is 16.8 Å². The highest BCUT2D eigenvalue weighted by atomic mass is 35.5. The van der Waals surface area contributed by atoms with Crippen molar-refractivity contribution >= 4 is 39.9 Å². The van der Waals surface area contributed by atoms with E-state index in [9.17, 15) is 9.59 Å². The van der Waals surface area contributed by atoms with Gasteiger partial charge in [-0.15, -0.1) is 0 Å². The van der Waals surface area contributed by atoms with Crippen molar-refractivity contribution in [3.63, 3.8) is 0 Å². The van der Waals surface area contributed by atoms with Gasteiger partial charge in [-0.3, -0.25) is 14.9 Å². The Morgan fingerprint density at radius 1 is 1.17 bits per heavy atom. The Bertz CT molecular complexity index is 728. The largest absolute Gasteiger partial charge is 0.361 e. The topological polar surface area (TPSA) is 62.0 Å². The number of carbonyl (C=O) groups excluding carboxylic acids is 2. The first-order valence-corrected chi connectivity index (χ1v) is 5.80. The summed E-state index contributed by atoms with van der Waals surface area (Å²) in [5, 5.41) is 3.05. The minimum Gasteiger partial charge on any atom is -0.361 e. The van der Waals surface area contributed by atoms with E-state index in [1.54, 1.807) is 6.20 Å². The number of hydrogen-bond donors (Lipinski definition) is 2. The summed E-state index contributed by atoms with van der Waals surface area (Å²) >= 11 is 5.90. The molecule has 0 saturated heterocycles. The van der Waals surface area contributed by atoms with Crippen molar-refractivity contribution in [2.24, 2.45) is 0 Å². The van der Waals surface area contributed by atoms with E-state index in [-0.39, 0.29) is 10.6 Å². The Labute approximate surface area is 108 Å². The van der Waals surface area contributed by atoms with E-state index in [2.05, 4.69) is 10.3 Å². The summed E-state index contributed by atoms with van der Waals surface area (Å²) in [7, 11) is 0. The molecule has 0 atom stereocenters. The van der Waals surface area contributed by atoms with Gasteiger partial charge in [0, 0.05) is 22.7 Å². The number of fused-ring (bicyclic) bond motifs is 1. The Balaban J connectivity index is 2.34. The molecule has 0 aliphatic carbocycles. The van der Waals surface area contributed by atoms with E-state index in [0.717, 1.165) is 16.5 Å². The second-order valence-electron chi connectivity index (χ2n) is 4.17. The number of halogens is 1. The summed E-state index contributed by atoms with van der Waals surface area (Å²) in [5.41, 5.74) is 2.83. The van der Waals surface area contributed by atoms with Gasteiger partial charge in [-0.1, -0.05) is 23.7 Å². The standard InChI is InChI=1S/C13H9ClN2O2/c1-6-3-2-4-8-9(6)7(5-15-8)10-11(14)13(18)16-12(10)17/h2-5,15H,1H3,(H,16,17,18). The molecule has 2 aromatic rings. The van der Waals surface area contributed by atoms with Crippen LogP contribution in [0.25, 0.3) is 16.5 Å². The monoisotopic (exact) mass is 260 g/mol. The molecule has 2 heterocycles. The lowest BCUT2D eigenvalue weighted by Gasteiger charge is -2.01. The fourth-order valence-electron chi connectivity index (χ4n) is 2.24. The summed E-state index contributed by atoms with van der Waals surface area (Å²) in [4.78, 5) is 26.2. The fourth-order valence-corrected chi connectivity index (χ4v) is 2.47. The number of imide groups is 1. The van der Waals surface area contributed by atoms with Crippen molar-refractivity contribution in [3.8, 4) is 0 Å². The molecule has 0 radical (unpaired) electrons. The van der Waals surface area contributed by atoms with Gasteiger partial charge in [0.15, 0.2) is 0 Å². The summed E-state index contributed by atoms with van der Waals surface area (Å²) < 4.78 is 0. The van der Waals surface area contributed by atoms with E-state index in [1.165, 1.54) is 0 Å². The van der Waals surface area contributed by atoms with Crippen LogP contribution < -0.4 is 5.32 Å². The summed E-state index contributed by atoms with van der Waals surface area (Å²) in [6, 6.07) is 5.78. The van der Waals surface area contributed by atoms with Crippen molar-refractivity contribution < 1.29 is 9.59 Å². The second-order valence-corrected chi connectivity index (χ2v) is 4.55. The maximum Gasteiger partial charge on any atom is 0.270 e. The number of aryl methyl sites for hydroxylation is 1. The number of carbonyl (C=O) groups is 2. The molecule has 1 aliphatic rings. The summed E-state index contributed by atoms with van der Waals surface area (Å²) in [6.45, 7) is 1.95. The Morgan fingerprint density at radius 3 is 2.61 bits per heavy atom. The molecule has 0 bridgehead atoms. The molecule has 0 saturated carbocycles. The first-order chi connectivity index (χ1) is 8.59. The maximum atomic E-state index is 11.8. The highest BCUT2D eigenvalue weighted by Gasteiger charge is 2.31. The van der Waals surface area contributed by atoms with Crippen molar-refractivity contribution in [3.05, 3.63) is 40.6 Å². The first-order valence-electron chi connectivity index (χ1n) is 5.42. The lowest BCUT2D eigenvalue weighted by molar-refractivity contribution is -0.123. The molecule has 1 aliphatic heterocycles. The molecule has 2 N–H and O–H groups in total. The molecular formula is C13H9ClN2O2. The highest BCUT2D eigenvalue weighted by molar-refractivity contribution is 6.55. The predicted molar refractivity (Wildman–Crippen MR) is 69.0 cm³/mol. The van der Waals surface area contributed by atoms with Gasteiger partial charge in [0.05, 0.1) is 5.57 Å². The molecule has 4 nitrogen and oxygen atoms in total. The average molecular weight is 261 g/mol. The lowest BCUT2D eigenvalue weighted by atomic mass is 10.0. The third-order valence-electron chi connectivity index (χ3n) is 3.06. The van der Waals surface area contributed by atoms with Gasteiger partial charge in [-0.2, -0.15) is 0 Å². The number of aromatic amines is 1. The predicted octanol–water partition coefficient (Wildman–Crippen LogP) is 2.08. The third-order valence-corrected chi connectivity index (χ3v) is 3.42. The second kappa shape index (κ2) is 3.71. The molecular weight excluding hydrogens is 252 g/mol. The summed E-state index contributed by atoms with van der Waals surface area (Å²) in [6.07, 6.45) is 1.70. The zero-order valence-corrected chi connectivity index (χ0v) is 10.3. The quantitative estimate of drug-likeness (QED) is 0.771. The van der Waals surface area contributed by atoms with Crippen LogP contribution in [0, 0.1) is 6.92 Å². The van der Waals surface area contributed by atoms with E-state index in [0.29, 0.717) is 5.56 Å². The Hall–Kier alpha value is -2.07. The maximum absolute atomic E-state index is 11.8. The van der Waals surface area contributed by atoms with Gasteiger partial charge in [0.1, 0.15) is 5.03 Å². The van der Waals surface area contributed by atoms with Crippen LogP contribution in [0.3, 0.4) is 0 Å². The molecule has 2 amide bonds. The van der Waals surface area contributed by atoms with E-state index in [1.807, 2.05) is 25.1 Å². The SMILES string of the molecule is Cc1cccc2[nH]cc(C3=C(Cl)C(=O)NC3=O)c12. The lowest BCUT2D eigenvalue weighted by Crippen LogP contribution is -2.22. The van der Waals surface area contributed by atoms with Crippen LogP contribution in [0.1, 0.15) is 11.1 Å². The molecule has 3 rings (SSSR count). The molecule has 1 aromatic carbocycles.